The standard InChI is InChI=1S/C19H22N2O2/c1-23-17-7-2-6-16(13-17)18-8-4-12-21(18)19(22)10-9-15-5-3-11-20-14-15/h2-3,5-7,11,13-14,18H,4,8-10,12H2,1H3. The van der Waals surface area contributed by atoms with Crippen LogP contribution in [0.4, 0.5) is 0 Å². The van der Waals surface area contributed by atoms with Crippen molar-refractivity contribution in [1.82, 2.24) is 9.88 Å². The van der Waals surface area contributed by atoms with Crippen molar-refractivity contribution in [2.24, 2.45) is 0 Å². The van der Waals surface area contributed by atoms with Crippen LogP contribution in [0.25, 0.3) is 0 Å². The molecule has 0 aliphatic carbocycles. The van der Waals surface area contributed by atoms with E-state index in [2.05, 4.69) is 11.1 Å². The van der Waals surface area contributed by atoms with E-state index in [1.165, 1.54) is 0 Å². The van der Waals surface area contributed by atoms with Crippen molar-refractivity contribution in [1.29, 1.82) is 0 Å². The summed E-state index contributed by atoms with van der Waals surface area (Å²) < 4.78 is 5.31. The van der Waals surface area contributed by atoms with Crippen molar-refractivity contribution in [3.63, 3.8) is 0 Å². The van der Waals surface area contributed by atoms with Gasteiger partial charge in [0.15, 0.2) is 0 Å². The number of ether oxygens (including phenoxy) is 1. The Morgan fingerprint density at radius 2 is 2.26 bits per heavy atom. The Morgan fingerprint density at radius 3 is 3.04 bits per heavy atom. The van der Waals surface area contributed by atoms with E-state index >= 15 is 0 Å². The molecule has 0 radical (unpaired) electrons. The van der Waals surface area contributed by atoms with E-state index < -0.39 is 0 Å². The SMILES string of the molecule is COc1cccc(C2CCCN2C(=O)CCc2cccnc2)c1. The minimum atomic E-state index is 0.173. The fourth-order valence-corrected chi connectivity index (χ4v) is 3.20. The molecule has 1 aliphatic rings. The molecule has 0 N–H and O–H groups in total. The lowest BCUT2D eigenvalue weighted by Crippen LogP contribution is -2.30. The maximum absolute atomic E-state index is 12.6. The highest BCUT2D eigenvalue weighted by atomic mass is 16.5. The first-order valence-electron chi connectivity index (χ1n) is 8.10. The second-order valence-corrected chi connectivity index (χ2v) is 5.88. The number of hydrogen-bond acceptors (Lipinski definition) is 3. The third-order valence-corrected chi connectivity index (χ3v) is 4.40. The van der Waals surface area contributed by atoms with Crippen LogP contribution in [0, 0.1) is 0 Å². The van der Waals surface area contributed by atoms with Crippen LogP contribution in [0.3, 0.4) is 0 Å². The lowest BCUT2D eigenvalue weighted by atomic mass is 10.0. The van der Waals surface area contributed by atoms with Gasteiger partial charge in [0.2, 0.25) is 5.91 Å². The highest BCUT2D eigenvalue weighted by Gasteiger charge is 2.29. The molecule has 2 heterocycles. The van der Waals surface area contributed by atoms with Crippen molar-refractivity contribution < 1.29 is 9.53 Å². The normalized spacial score (nSPS) is 17.3. The van der Waals surface area contributed by atoms with Crippen LogP contribution in [0.2, 0.25) is 0 Å². The molecule has 1 aromatic heterocycles. The van der Waals surface area contributed by atoms with Crippen LogP contribution in [0.5, 0.6) is 5.75 Å². The molecule has 1 atom stereocenters. The van der Waals surface area contributed by atoms with E-state index in [4.69, 9.17) is 4.74 Å². The third-order valence-electron chi connectivity index (χ3n) is 4.40. The van der Waals surface area contributed by atoms with Gasteiger partial charge in [-0.3, -0.25) is 9.78 Å². The second kappa shape index (κ2) is 7.27. The molecule has 1 saturated heterocycles. The van der Waals surface area contributed by atoms with Gasteiger partial charge in [-0.25, -0.2) is 0 Å². The zero-order valence-electron chi connectivity index (χ0n) is 13.4. The highest BCUT2D eigenvalue weighted by Crippen LogP contribution is 2.33. The predicted octanol–water partition coefficient (Wildman–Crippen LogP) is 3.39. The number of methoxy groups -OCH3 is 1. The molecule has 4 heteroatoms. The van der Waals surface area contributed by atoms with Crippen molar-refractivity contribution in [2.45, 2.75) is 31.7 Å². The average molecular weight is 310 g/mol. The van der Waals surface area contributed by atoms with Gasteiger partial charge in [-0.1, -0.05) is 18.2 Å². The molecule has 1 aliphatic heterocycles. The van der Waals surface area contributed by atoms with Crippen molar-refractivity contribution in [3.8, 4) is 5.75 Å². The lowest BCUT2D eigenvalue weighted by molar-refractivity contribution is -0.132. The fourth-order valence-electron chi connectivity index (χ4n) is 3.20. The molecule has 1 unspecified atom stereocenters. The van der Waals surface area contributed by atoms with Crippen molar-refractivity contribution >= 4 is 5.91 Å². The number of carbonyl (C=O) groups is 1. The number of amides is 1. The third kappa shape index (κ3) is 3.70. The zero-order chi connectivity index (χ0) is 16.1. The summed E-state index contributed by atoms with van der Waals surface area (Å²) in [6, 6.07) is 12.2. The summed E-state index contributed by atoms with van der Waals surface area (Å²) >= 11 is 0. The number of pyridine rings is 1. The van der Waals surface area contributed by atoms with Crippen LogP contribution in [0.1, 0.15) is 36.4 Å². The van der Waals surface area contributed by atoms with Crippen LogP contribution in [-0.4, -0.2) is 29.4 Å². The molecule has 1 aromatic carbocycles. The topological polar surface area (TPSA) is 42.4 Å². The Labute approximate surface area is 137 Å². The average Bonchev–Trinajstić information content (AvgIpc) is 3.10. The summed E-state index contributed by atoms with van der Waals surface area (Å²) in [5.41, 5.74) is 2.27. The molecular weight excluding hydrogens is 288 g/mol. The lowest BCUT2D eigenvalue weighted by Gasteiger charge is -2.25. The van der Waals surface area contributed by atoms with E-state index in [1.54, 1.807) is 13.3 Å². The van der Waals surface area contributed by atoms with Crippen LogP contribution < -0.4 is 4.74 Å². The molecule has 23 heavy (non-hydrogen) atoms. The summed E-state index contributed by atoms with van der Waals surface area (Å²) in [5.74, 6) is 1.07. The largest absolute Gasteiger partial charge is 0.497 e. The van der Waals surface area contributed by atoms with Crippen LogP contribution in [0.15, 0.2) is 48.8 Å². The molecule has 0 bridgehead atoms. The van der Waals surface area contributed by atoms with Gasteiger partial charge in [0.1, 0.15) is 5.75 Å². The molecule has 120 valence electrons. The van der Waals surface area contributed by atoms with Gasteiger partial charge in [-0.15, -0.1) is 0 Å². The first-order valence-corrected chi connectivity index (χ1v) is 8.10. The van der Waals surface area contributed by atoms with Crippen molar-refractivity contribution in [2.75, 3.05) is 13.7 Å². The van der Waals surface area contributed by atoms with E-state index in [0.717, 1.165) is 42.7 Å². The highest BCUT2D eigenvalue weighted by molar-refractivity contribution is 5.77. The fraction of sp³-hybridized carbons (Fsp3) is 0.368. The second-order valence-electron chi connectivity index (χ2n) is 5.88. The smallest absolute Gasteiger partial charge is 0.223 e. The van der Waals surface area contributed by atoms with Gasteiger partial charge in [0, 0.05) is 25.4 Å². The summed E-state index contributed by atoms with van der Waals surface area (Å²) in [4.78, 5) is 18.8. The first-order chi connectivity index (χ1) is 11.3. The number of aryl methyl sites for hydroxylation is 1. The Hall–Kier alpha value is -2.36. The maximum atomic E-state index is 12.6. The molecule has 0 spiro atoms. The van der Waals surface area contributed by atoms with Gasteiger partial charge < -0.3 is 9.64 Å². The maximum Gasteiger partial charge on any atom is 0.223 e. The van der Waals surface area contributed by atoms with Gasteiger partial charge in [0.05, 0.1) is 13.2 Å². The summed E-state index contributed by atoms with van der Waals surface area (Å²) in [6.07, 6.45) is 6.94. The molecule has 0 saturated carbocycles. The monoisotopic (exact) mass is 310 g/mol. The van der Waals surface area contributed by atoms with E-state index in [9.17, 15) is 4.79 Å². The Balaban J connectivity index is 1.67. The Morgan fingerprint density at radius 1 is 1.35 bits per heavy atom. The predicted molar refractivity (Wildman–Crippen MR) is 89.2 cm³/mol. The van der Waals surface area contributed by atoms with Gasteiger partial charge in [0.25, 0.3) is 0 Å². The minimum absolute atomic E-state index is 0.173. The first kappa shape index (κ1) is 15.5. The van der Waals surface area contributed by atoms with Crippen LogP contribution >= 0.6 is 0 Å². The summed E-state index contributed by atoms with van der Waals surface area (Å²) in [5, 5.41) is 0. The number of nitrogens with zero attached hydrogens (tertiary/aromatic N) is 2. The Kier molecular flexibility index (Phi) is 4.91. The number of rotatable bonds is 5. The Bertz CT molecular complexity index is 657. The van der Waals surface area contributed by atoms with Crippen LogP contribution in [-0.2, 0) is 11.2 Å². The number of benzene rings is 1. The van der Waals surface area contributed by atoms with Gasteiger partial charge >= 0.3 is 0 Å². The van der Waals surface area contributed by atoms with Gasteiger partial charge in [-0.05, 0) is 48.6 Å². The molecule has 1 fully saturated rings. The number of hydrogen-bond donors (Lipinski definition) is 0. The molecular formula is C19H22N2O2. The summed E-state index contributed by atoms with van der Waals surface area (Å²) in [7, 11) is 1.67. The summed E-state index contributed by atoms with van der Waals surface area (Å²) in [6.45, 7) is 0.841. The van der Waals surface area contributed by atoms with E-state index in [0.29, 0.717) is 6.42 Å². The number of aromatic nitrogens is 1. The van der Waals surface area contributed by atoms with E-state index in [1.807, 2.05) is 41.4 Å². The quantitative estimate of drug-likeness (QED) is 0.850. The molecule has 2 aromatic rings. The van der Waals surface area contributed by atoms with E-state index in [-0.39, 0.29) is 11.9 Å². The van der Waals surface area contributed by atoms with Crippen molar-refractivity contribution in [3.05, 3.63) is 59.9 Å². The number of likely N-dealkylation sites (tertiary alicyclic amines) is 1. The molecule has 3 rings (SSSR count). The minimum Gasteiger partial charge on any atom is -0.497 e. The van der Waals surface area contributed by atoms with Gasteiger partial charge in [-0.2, -0.15) is 0 Å². The number of carbonyl (C=O) groups excluding carboxylic acids is 1. The molecule has 1 amide bonds. The zero-order valence-corrected chi connectivity index (χ0v) is 13.4. The molecule has 4 nitrogen and oxygen atoms in total.